The largest absolute Gasteiger partial charge is 0.652 e. The van der Waals surface area contributed by atoms with Crippen molar-refractivity contribution in [3.63, 3.8) is 0 Å². The van der Waals surface area contributed by atoms with Gasteiger partial charge < -0.3 is 30.3 Å². The van der Waals surface area contributed by atoms with E-state index >= 15 is 0 Å². The molecule has 0 rings (SSSR count). The van der Waals surface area contributed by atoms with Gasteiger partial charge in [0.2, 0.25) is 0 Å². The van der Waals surface area contributed by atoms with Crippen LogP contribution in [0.2, 0.25) is 0 Å². The zero-order valence-electron chi connectivity index (χ0n) is 4.85. The minimum Gasteiger partial charge on any atom is -0.652 e. The van der Waals surface area contributed by atoms with Gasteiger partial charge in [0.15, 0.2) is 0 Å². The van der Waals surface area contributed by atoms with Crippen molar-refractivity contribution in [2.75, 3.05) is 0 Å². The minimum absolute atomic E-state index is 0. The second-order valence-corrected chi connectivity index (χ2v) is 0.474. The number of hydrogen-bond acceptors (Lipinski definition) is 8. The van der Waals surface area contributed by atoms with Gasteiger partial charge >= 0.3 is 0 Å². The molecule has 0 spiro atoms. The van der Waals surface area contributed by atoms with Gasteiger partial charge in [0.05, 0.1) is 5.09 Å². The standard InChI is InChI=1S/CH2O3.Ag.H4N2.NO3/c2-1(3)4;;1-2;2-1(3)4/h(H2,2,3,4);;1-2H2;/q;;;-1/p-2. The first-order chi connectivity index (χ1) is 4.46. The summed E-state index contributed by atoms with van der Waals surface area (Å²) >= 11 is 0. The van der Waals surface area contributed by atoms with E-state index in [0.717, 1.165) is 0 Å². The van der Waals surface area contributed by atoms with E-state index in [0.29, 0.717) is 0 Å². The Balaban J connectivity index is -0.0000000339. The van der Waals surface area contributed by atoms with Crippen molar-refractivity contribution in [2.45, 2.75) is 0 Å². The molecule has 73 valence electrons. The molecule has 4 N–H and O–H groups in total. The molecular weight excluding hydrogens is 258 g/mol. The van der Waals surface area contributed by atoms with Crippen LogP contribution in [0.25, 0.3) is 0 Å². The monoisotopic (exact) mass is 261 g/mol. The number of nitrogens with zero attached hydrogens (tertiary/aromatic N) is 1. The van der Waals surface area contributed by atoms with E-state index in [1.165, 1.54) is 0 Å². The quantitative estimate of drug-likeness (QED) is 0.192. The number of hydrazine groups is 1. The molecule has 0 amide bonds. The molecule has 0 atom stereocenters. The Hall–Kier alpha value is -0.870. The van der Waals surface area contributed by atoms with Gasteiger partial charge in [-0.3, -0.25) is 11.7 Å². The molecular formula is CH4AgN3O6-3. The van der Waals surface area contributed by atoms with Crippen LogP contribution in [0, 0.1) is 15.3 Å². The number of hydrogen-bond donors (Lipinski definition) is 2. The van der Waals surface area contributed by atoms with E-state index in [-0.39, 0.29) is 22.4 Å². The summed E-state index contributed by atoms with van der Waals surface area (Å²) < 4.78 is 0. The Labute approximate surface area is 76.2 Å². The molecule has 0 aromatic heterocycles. The Morgan fingerprint density at radius 3 is 1.18 bits per heavy atom. The molecule has 0 heterocycles. The van der Waals surface area contributed by atoms with Crippen LogP contribution in [0.1, 0.15) is 0 Å². The van der Waals surface area contributed by atoms with Gasteiger partial charge in [-0.2, -0.15) is 0 Å². The Bertz CT molecular complexity index is 75.8. The first-order valence-electron chi connectivity index (χ1n) is 1.49. The fourth-order valence-corrected chi connectivity index (χ4v) is 0. The summed E-state index contributed by atoms with van der Waals surface area (Å²) in [5, 5.41) is 31.4. The van der Waals surface area contributed by atoms with Gasteiger partial charge in [-0.1, -0.05) is 0 Å². The Kier molecular flexibility index (Phi) is 46.8. The van der Waals surface area contributed by atoms with Crippen molar-refractivity contribution >= 4 is 6.16 Å². The summed E-state index contributed by atoms with van der Waals surface area (Å²) in [4.78, 5) is 16.6. The van der Waals surface area contributed by atoms with E-state index in [2.05, 4.69) is 11.7 Å². The van der Waals surface area contributed by atoms with Crippen molar-refractivity contribution in [1.29, 1.82) is 0 Å². The maximum absolute atomic E-state index is 8.33. The van der Waals surface area contributed by atoms with Crippen molar-refractivity contribution in [1.82, 2.24) is 0 Å². The summed E-state index contributed by atoms with van der Waals surface area (Å²) in [6.45, 7) is 0. The molecule has 9 nitrogen and oxygen atoms in total. The van der Waals surface area contributed by atoms with Crippen LogP contribution >= 0.6 is 0 Å². The van der Waals surface area contributed by atoms with Gasteiger partial charge in [0, 0.05) is 22.4 Å². The van der Waals surface area contributed by atoms with E-state index in [4.69, 9.17) is 30.3 Å². The summed E-state index contributed by atoms with van der Waals surface area (Å²) in [6.07, 6.45) is -2.33. The van der Waals surface area contributed by atoms with Crippen LogP contribution < -0.4 is 21.9 Å². The zero-order valence-corrected chi connectivity index (χ0v) is 6.34. The Morgan fingerprint density at radius 2 is 1.18 bits per heavy atom. The van der Waals surface area contributed by atoms with Crippen LogP contribution in [0.5, 0.6) is 0 Å². The number of nitrogens with two attached hydrogens (primary N) is 2. The molecule has 0 aliphatic rings. The zero-order chi connectivity index (χ0) is 9.15. The smallest absolute Gasteiger partial charge is 0.0689 e. The first-order valence-corrected chi connectivity index (χ1v) is 1.49. The van der Waals surface area contributed by atoms with Crippen LogP contribution in [-0.4, -0.2) is 11.2 Å². The first kappa shape index (κ1) is 22.5. The summed E-state index contributed by atoms with van der Waals surface area (Å²) in [7, 11) is 0. The minimum atomic E-state index is -2.33. The number of carbonyl (C=O) groups excluding carboxylic acids is 1. The number of carboxylic acid groups (broad SMARTS) is 2. The molecule has 0 unspecified atom stereocenters. The molecule has 11 heavy (non-hydrogen) atoms. The van der Waals surface area contributed by atoms with E-state index in [1.807, 2.05) is 0 Å². The third-order valence-corrected chi connectivity index (χ3v) is 0. The summed E-state index contributed by atoms with van der Waals surface area (Å²) in [6, 6.07) is 0. The predicted molar refractivity (Wildman–Crippen MR) is 24.1 cm³/mol. The molecule has 0 aromatic carbocycles. The van der Waals surface area contributed by atoms with Crippen LogP contribution in [0.15, 0.2) is 0 Å². The average molecular weight is 262 g/mol. The molecule has 0 aliphatic carbocycles. The van der Waals surface area contributed by atoms with Gasteiger partial charge in [0.1, 0.15) is 0 Å². The van der Waals surface area contributed by atoms with Crippen LogP contribution in [-0.2, 0) is 22.4 Å². The second-order valence-electron chi connectivity index (χ2n) is 0.474. The second kappa shape index (κ2) is 22.9. The van der Waals surface area contributed by atoms with Crippen molar-refractivity contribution in [3.8, 4) is 0 Å². The molecule has 0 fully saturated rings. The topological polar surface area (TPSA) is 181 Å². The summed E-state index contributed by atoms with van der Waals surface area (Å²) in [5.74, 6) is 8.00. The molecule has 0 bridgehead atoms. The van der Waals surface area contributed by atoms with Crippen molar-refractivity contribution in [2.24, 2.45) is 11.7 Å². The molecule has 0 saturated heterocycles. The van der Waals surface area contributed by atoms with Gasteiger partial charge in [-0.25, -0.2) is 0 Å². The molecule has 0 saturated carbocycles. The number of rotatable bonds is 0. The third-order valence-electron chi connectivity index (χ3n) is 0. The van der Waals surface area contributed by atoms with E-state index < -0.39 is 11.2 Å². The maximum atomic E-state index is 8.33. The van der Waals surface area contributed by atoms with Crippen LogP contribution in [0.3, 0.4) is 0 Å². The molecule has 1 radical (unpaired) electrons. The van der Waals surface area contributed by atoms with E-state index in [9.17, 15) is 0 Å². The van der Waals surface area contributed by atoms with Crippen LogP contribution in [0.4, 0.5) is 4.79 Å². The predicted octanol–water partition coefficient (Wildman–Crippen LogP) is -3.87. The van der Waals surface area contributed by atoms with Crippen molar-refractivity contribution in [3.05, 3.63) is 15.3 Å². The van der Waals surface area contributed by atoms with E-state index in [1.54, 1.807) is 0 Å². The van der Waals surface area contributed by atoms with Crippen molar-refractivity contribution < 1.29 is 42.5 Å². The molecule has 10 heteroatoms. The average Bonchev–Trinajstić information content (AvgIpc) is 1.66. The third kappa shape index (κ3) is 614. The molecule has 0 aromatic rings. The van der Waals surface area contributed by atoms with Gasteiger partial charge in [0.25, 0.3) is 0 Å². The molecule has 0 aliphatic heterocycles. The SMILES string of the molecule is NN.O=C([O-])[O-].O=[N+]([O-])[O-].[Ag]. The fourth-order valence-electron chi connectivity index (χ4n) is 0. The number of carbonyl (C=O) groups is 1. The van der Waals surface area contributed by atoms with Gasteiger partial charge in [-0.05, 0) is 6.16 Å². The maximum Gasteiger partial charge on any atom is 0.0689 e. The fraction of sp³-hybridized carbons (Fsp3) is 0. The normalized spacial score (nSPS) is 4.91. The summed E-state index contributed by atoms with van der Waals surface area (Å²) in [5.41, 5.74) is 0. The Morgan fingerprint density at radius 1 is 1.18 bits per heavy atom. The van der Waals surface area contributed by atoms with Gasteiger partial charge in [-0.15, -0.1) is 0 Å².